The number of carboxylic acids is 1. The highest BCUT2D eigenvalue weighted by Gasteiger charge is 2.04. The van der Waals surface area contributed by atoms with E-state index in [9.17, 15) is 4.79 Å². The summed E-state index contributed by atoms with van der Waals surface area (Å²) in [5.74, 6) is 0.0417. The number of hydrogen-bond acceptors (Lipinski definition) is 3. The second kappa shape index (κ2) is 6.48. The molecule has 3 nitrogen and oxygen atoms in total. The van der Waals surface area contributed by atoms with Gasteiger partial charge in [0.15, 0.2) is 0 Å². The summed E-state index contributed by atoms with van der Waals surface area (Å²) in [6.07, 6.45) is 0.0712. The van der Waals surface area contributed by atoms with E-state index in [2.05, 4.69) is 6.07 Å². The first-order valence-corrected chi connectivity index (χ1v) is 7.32. The zero-order chi connectivity index (χ0) is 14.5. The summed E-state index contributed by atoms with van der Waals surface area (Å²) in [6, 6.07) is 13.6. The lowest BCUT2D eigenvalue weighted by molar-refractivity contribution is -0.136. The predicted molar refractivity (Wildman–Crippen MR) is 82.9 cm³/mol. The monoisotopic (exact) mass is 287 g/mol. The van der Waals surface area contributed by atoms with Crippen molar-refractivity contribution in [1.29, 1.82) is 0 Å². The van der Waals surface area contributed by atoms with Crippen LogP contribution in [0.15, 0.2) is 47.4 Å². The molecule has 0 aliphatic heterocycles. The molecule has 0 aromatic heterocycles. The molecule has 2 rings (SSSR count). The number of carboxylic acid groups (broad SMARTS) is 1. The molecule has 104 valence electrons. The van der Waals surface area contributed by atoms with Gasteiger partial charge in [0, 0.05) is 16.3 Å². The molecule has 0 aliphatic carbocycles. The predicted octanol–water partition coefficient (Wildman–Crippen LogP) is 3.50. The Balaban J connectivity index is 2.00. The second-order valence-electron chi connectivity index (χ2n) is 4.65. The van der Waals surface area contributed by atoms with Gasteiger partial charge < -0.3 is 10.8 Å². The molecule has 0 saturated heterocycles. The normalized spacial score (nSPS) is 10.4. The SMILES string of the molecule is Cc1c(N)cccc1SCc1ccc(CC(=O)O)cc1. The van der Waals surface area contributed by atoms with Crippen molar-refractivity contribution in [2.75, 3.05) is 5.73 Å². The summed E-state index contributed by atoms with van der Waals surface area (Å²) in [4.78, 5) is 11.8. The molecule has 20 heavy (non-hydrogen) atoms. The highest BCUT2D eigenvalue weighted by molar-refractivity contribution is 7.98. The molecule has 0 amide bonds. The van der Waals surface area contributed by atoms with E-state index in [1.807, 2.05) is 43.3 Å². The van der Waals surface area contributed by atoms with Gasteiger partial charge in [-0.2, -0.15) is 0 Å². The maximum absolute atomic E-state index is 10.6. The fraction of sp³-hybridized carbons (Fsp3) is 0.188. The number of nitrogens with two attached hydrogens (primary N) is 1. The van der Waals surface area contributed by atoms with Gasteiger partial charge in [-0.05, 0) is 35.7 Å². The summed E-state index contributed by atoms with van der Waals surface area (Å²) in [7, 11) is 0. The second-order valence-corrected chi connectivity index (χ2v) is 5.66. The van der Waals surface area contributed by atoms with Gasteiger partial charge in [0.2, 0.25) is 0 Å². The topological polar surface area (TPSA) is 63.3 Å². The third-order valence-electron chi connectivity index (χ3n) is 3.10. The van der Waals surface area contributed by atoms with Crippen LogP contribution in [0, 0.1) is 6.92 Å². The Bertz CT molecular complexity index is 608. The highest BCUT2D eigenvalue weighted by atomic mass is 32.2. The van der Waals surface area contributed by atoms with E-state index >= 15 is 0 Å². The first-order valence-electron chi connectivity index (χ1n) is 6.34. The summed E-state index contributed by atoms with van der Waals surface area (Å²) >= 11 is 1.74. The molecule has 2 aromatic carbocycles. The van der Waals surface area contributed by atoms with Gasteiger partial charge in [-0.15, -0.1) is 11.8 Å². The number of nitrogen functional groups attached to an aromatic ring is 1. The maximum Gasteiger partial charge on any atom is 0.307 e. The van der Waals surface area contributed by atoms with Crippen LogP contribution in [0.1, 0.15) is 16.7 Å². The van der Waals surface area contributed by atoms with Crippen molar-refractivity contribution in [2.24, 2.45) is 0 Å². The number of anilines is 1. The van der Waals surface area contributed by atoms with Crippen LogP contribution < -0.4 is 5.73 Å². The number of hydrogen-bond donors (Lipinski definition) is 2. The van der Waals surface area contributed by atoms with E-state index in [1.54, 1.807) is 11.8 Å². The maximum atomic E-state index is 10.6. The van der Waals surface area contributed by atoms with Gasteiger partial charge in [-0.3, -0.25) is 4.79 Å². The Kier molecular flexibility index (Phi) is 4.69. The Morgan fingerprint density at radius 2 is 1.80 bits per heavy atom. The van der Waals surface area contributed by atoms with E-state index in [1.165, 1.54) is 10.5 Å². The first-order chi connectivity index (χ1) is 9.56. The molecule has 0 aliphatic rings. The fourth-order valence-electron chi connectivity index (χ4n) is 1.88. The average molecular weight is 287 g/mol. The van der Waals surface area contributed by atoms with E-state index < -0.39 is 5.97 Å². The molecule has 2 aromatic rings. The lowest BCUT2D eigenvalue weighted by Crippen LogP contribution is -1.99. The van der Waals surface area contributed by atoms with Crippen molar-refractivity contribution in [3.05, 3.63) is 59.2 Å². The summed E-state index contributed by atoms with van der Waals surface area (Å²) in [6.45, 7) is 2.02. The lowest BCUT2D eigenvalue weighted by Gasteiger charge is -2.08. The highest BCUT2D eigenvalue weighted by Crippen LogP contribution is 2.28. The first kappa shape index (κ1) is 14.5. The molecular weight excluding hydrogens is 270 g/mol. The molecule has 0 saturated carbocycles. The standard InChI is InChI=1S/C16H17NO2S/c1-11-14(17)3-2-4-15(11)20-10-13-7-5-12(6-8-13)9-16(18)19/h2-8H,9-10,17H2,1H3,(H,18,19). The Labute approximate surface area is 122 Å². The Morgan fingerprint density at radius 1 is 1.15 bits per heavy atom. The van der Waals surface area contributed by atoms with E-state index in [0.29, 0.717) is 0 Å². The van der Waals surface area contributed by atoms with Crippen molar-refractivity contribution in [3.63, 3.8) is 0 Å². The van der Waals surface area contributed by atoms with Crippen molar-refractivity contribution >= 4 is 23.4 Å². The number of benzene rings is 2. The fourth-order valence-corrected chi connectivity index (χ4v) is 2.90. The zero-order valence-electron chi connectivity index (χ0n) is 11.3. The number of aliphatic carboxylic acids is 1. The summed E-state index contributed by atoms with van der Waals surface area (Å²) in [5.41, 5.74) is 9.81. The molecule has 4 heteroatoms. The van der Waals surface area contributed by atoms with Crippen LogP contribution in [0.5, 0.6) is 0 Å². The average Bonchev–Trinajstić information content (AvgIpc) is 2.41. The molecule has 0 heterocycles. The molecule has 0 atom stereocenters. The van der Waals surface area contributed by atoms with Crippen LogP contribution in [0.25, 0.3) is 0 Å². The summed E-state index contributed by atoms with van der Waals surface area (Å²) in [5, 5.41) is 8.73. The van der Waals surface area contributed by atoms with Gasteiger partial charge in [0.05, 0.1) is 6.42 Å². The van der Waals surface area contributed by atoms with E-state index in [0.717, 1.165) is 22.6 Å². The summed E-state index contributed by atoms with van der Waals surface area (Å²) < 4.78 is 0. The Morgan fingerprint density at radius 3 is 2.45 bits per heavy atom. The van der Waals surface area contributed by atoms with Crippen molar-refractivity contribution in [3.8, 4) is 0 Å². The van der Waals surface area contributed by atoms with Crippen LogP contribution in [0.4, 0.5) is 5.69 Å². The molecule has 0 radical (unpaired) electrons. The van der Waals surface area contributed by atoms with Crippen molar-refractivity contribution in [2.45, 2.75) is 24.0 Å². The van der Waals surface area contributed by atoms with Gasteiger partial charge >= 0.3 is 5.97 Å². The van der Waals surface area contributed by atoms with Crippen molar-refractivity contribution < 1.29 is 9.90 Å². The minimum Gasteiger partial charge on any atom is -0.481 e. The van der Waals surface area contributed by atoms with Crippen LogP contribution >= 0.6 is 11.8 Å². The largest absolute Gasteiger partial charge is 0.481 e. The molecule has 0 fully saturated rings. The number of thioether (sulfide) groups is 1. The minimum absolute atomic E-state index is 0.0712. The Hall–Kier alpha value is -1.94. The quantitative estimate of drug-likeness (QED) is 0.652. The lowest BCUT2D eigenvalue weighted by atomic mass is 10.1. The molecule has 0 spiro atoms. The van der Waals surface area contributed by atoms with E-state index in [4.69, 9.17) is 10.8 Å². The molecular formula is C16H17NO2S. The van der Waals surface area contributed by atoms with Gasteiger partial charge in [0.1, 0.15) is 0 Å². The molecule has 0 bridgehead atoms. The zero-order valence-corrected chi connectivity index (χ0v) is 12.1. The molecule has 0 unspecified atom stereocenters. The third kappa shape index (κ3) is 3.78. The molecule has 3 N–H and O–H groups in total. The number of carbonyl (C=O) groups is 1. The number of rotatable bonds is 5. The smallest absolute Gasteiger partial charge is 0.307 e. The van der Waals surface area contributed by atoms with Crippen LogP contribution in [0.3, 0.4) is 0 Å². The van der Waals surface area contributed by atoms with Gasteiger partial charge in [-0.25, -0.2) is 0 Å². The van der Waals surface area contributed by atoms with Crippen LogP contribution in [-0.2, 0) is 17.0 Å². The van der Waals surface area contributed by atoms with E-state index in [-0.39, 0.29) is 6.42 Å². The van der Waals surface area contributed by atoms with Crippen LogP contribution in [0.2, 0.25) is 0 Å². The van der Waals surface area contributed by atoms with Gasteiger partial charge in [0.25, 0.3) is 0 Å². The minimum atomic E-state index is -0.803. The van der Waals surface area contributed by atoms with Crippen molar-refractivity contribution in [1.82, 2.24) is 0 Å². The van der Waals surface area contributed by atoms with Crippen LogP contribution in [-0.4, -0.2) is 11.1 Å². The third-order valence-corrected chi connectivity index (χ3v) is 4.33. The van der Waals surface area contributed by atoms with Gasteiger partial charge in [-0.1, -0.05) is 30.3 Å².